The van der Waals surface area contributed by atoms with Gasteiger partial charge < -0.3 is 5.32 Å². The minimum atomic E-state index is -0.113. The third kappa shape index (κ3) is 3.22. The van der Waals surface area contributed by atoms with Gasteiger partial charge in [-0.25, -0.2) is 4.39 Å². The summed E-state index contributed by atoms with van der Waals surface area (Å²) in [6.45, 7) is 2.67. The van der Waals surface area contributed by atoms with Crippen LogP contribution in [0.1, 0.15) is 24.0 Å². The molecule has 0 atom stereocenters. The molecule has 1 saturated heterocycles. The summed E-state index contributed by atoms with van der Waals surface area (Å²) >= 11 is 2.04. The summed E-state index contributed by atoms with van der Waals surface area (Å²) in [4.78, 5) is 0. The molecule has 1 aromatic carbocycles. The lowest BCUT2D eigenvalue weighted by molar-refractivity contribution is 0.482. The molecule has 2 rings (SSSR count). The molecule has 1 aromatic rings. The third-order valence-electron chi connectivity index (χ3n) is 3.04. The van der Waals surface area contributed by atoms with E-state index >= 15 is 0 Å². The van der Waals surface area contributed by atoms with Crippen LogP contribution in [0.25, 0.3) is 0 Å². The number of thioether (sulfide) groups is 1. The van der Waals surface area contributed by atoms with Crippen LogP contribution in [0.3, 0.4) is 0 Å². The first-order valence-corrected chi connectivity index (χ1v) is 6.97. The molecule has 1 nitrogen and oxygen atoms in total. The Labute approximate surface area is 101 Å². The van der Waals surface area contributed by atoms with Crippen LogP contribution in [0.4, 0.5) is 4.39 Å². The van der Waals surface area contributed by atoms with Crippen molar-refractivity contribution in [1.82, 2.24) is 5.32 Å². The first-order chi connectivity index (χ1) is 7.75. The van der Waals surface area contributed by atoms with Crippen molar-refractivity contribution in [1.29, 1.82) is 0 Å². The second kappa shape index (κ2) is 5.69. The first kappa shape index (κ1) is 11.9. The van der Waals surface area contributed by atoms with Gasteiger partial charge in [0.15, 0.2) is 0 Å². The van der Waals surface area contributed by atoms with Crippen molar-refractivity contribution in [3.8, 4) is 0 Å². The Morgan fingerprint density at radius 2 is 2.12 bits per heavy atom. The number of rotatable bonds is 3. The lowest BCUT2D eigenvalue weighted by Crippen LogP contribution is -2.32. The molecule has 3 heteroatoms. The van der Waals surface area contributed by atoms with E-state index in [0.717, 1.165) is 12.1 Å². The lowest BCUT2D eigenvalue weighted by atomic mass is 10.1. The standard InChI is InChI=1S/C13H18FNS/c1-10-8-11(2-3-13(10)14)9-15-12-4-6-16-7-5-12/h2-3,8,12,15H,4-7,9H2,1H3. The maximum absolute atomic E-state index is 13.1. The molecule has 1 heterocycles. The van der Waals surface area contributed by atoms with Crippen LogP contribution >= 0.6 is 11.8 Å². The van der Waals surface area contributed by atoms with Crippen molar-refractivity contribution >= 4 is 11.8 Å². The highest BCUT2D eigenvalue weighted by Gasteiger charge is 2.12. The molecule has 0 bridgehead atoms. The number of hydrogen-bond acceptors (Lipinski definition) is 2. The highest BCUT2D eigenvalue weighted by molar-refractivity contribution is 7.99. The van der Waals surface area contributed by atoms with Gasteiger partial charge in [0.1, 0.15) is 5.82 Å². The van der Waals surface area contributed by atoms with Crippen molar-refractivity contribution in [3.63, 3.8) is 0 Å². The van der Waals surface area contributed by atoms with E-state index in [4.69, 9.17) is 0 Å². The molecule has 0 aromatic heterocycles. The molecule has 0 amide bonds. The minimum absolute atomic E-state index is 0.113. The zero-order chi connectivity index (χ0) is 11.4. The van der Waals surface area contributed by atoms with Crippen LogP contribution in [0.2, 0.25) is 0 Å². The van der Waals surface area contributed by atoms with Gasteiger partial charge in [0.05, 0.1) is 0 Å². The van der Waals surface area contributed by atoms with Crippen LogP contribution in [-0.4, -0.2) is 17.5 Å². The number of halogens is 1. The SMILES string of the molecule is Cc1cc(CNC2CCSCC2)ccc1F. The van der Waals surface area contributed by atoms with E-state index in [1.807, 2.05) is 30.8 Å². The van der Waals surface area contributed by atoms with Gasteiger partial charge >= 0.3 is 0 Å². The Hall–Kier alpha value is -0.540. The minimum Gasteiger partial charge on any atom is -0.310 e. The van der Waals surface area contributed by atoms with E-state index in [-0.39, 0.29) is 5.82 Å². The Bertz CT molecular complexity index is 348. The second-order valence-corrected chi connectivity index (χ2v) is 5.58. The predicted molar refractivity (Wildman–Crippen MR) is 68.3 cm³/mol. The fraction of sp³-hybridized carbons (Fsp3) is 0.538. The highest BCUT2D eigenvalue weighted by Crippen LogP contribution is 2.17. The molecule has 0 saturated carbocycles. The average molecular weight is 239 g/mol. The molecule has 88 valence electrons. The maximum atomic E-state index is 13.1. The topological polar surface area (TPSA) is 12.0 Å². The quantitative estimate of drug-likeness (QED) is 0.869. The molecule has 1 aliphatic rings. The van der Waals surface area contributed by atoms with Crippen LogP contribution < -0.4 is 5.32 Å². The van der Waals surface area contributed by atoms with Gasteiger partial charge in [-0.2, -0.15) is 11.8 Å². The Morgan fingerprint density at radius 1 is 1.38 bits per heavy atom. The Balaban J connectivity index is 1.86. The van der Waals surface area contributed by atoms with Gasteiger partial charge in [-0.15, -0.1) is 0 Å². The molecule has 1 N–H and O–H groups in total. The average Bonchev–Trinajstić information content (AvgIpc) is 2.32. The van der Waals surface area contributed by atoms with Crippen molar-refractivity contribution in [2.75, 3.05) is 11.5 Å². The van der Waals surface area contributed by atoms with Gasteiger partial charge in [0.25, 0.3) is 0 Å². The molecule has 0 aliphatic carbocycles. The van der Waals surface area contributed by atoms with E-state index in [2.05, 4.69) is 5.32 Å². The molecular formula is C13H18FNS. The summed E-state index contributed by atoms with van der Waals surface area (Å²) in [5.41, 5.74) is 1.91. The fourth-order valence-electron chi connectivity index (χ4n) is 1.98. The van der Waals surface area contributed by atoms with Gasteiger partial charge in [-0.1, -0.05) is 12.1 Å². The molecule has 0 radical (unpaired) electrons. The zero-order valence-electron chi connectivity index (χ0n) is 9.63. The van der Waals surface area contributed by atoms with Crippen LogP contribution in [-0.2, 0) is 6.54 Å². The van der Waals surface area contributed by atoms with Gasteiger partial charge in [0.2, 0.25) is 0 Å². The Kier molecular flexibility index (Phi) is 4.24. The van der Waals surface area contributed by atoms with E-state index in [1.54, 1.807) is 6.07 Å². The smallest absolute Gasteiger partial charge is 0.126 e. The Morgan fingerprint density at radius 3 is 2.81 bits per heavy atom. The van der Waals surface area contributed by atoms with E-state index in [0.29, 0.717) is 6.04 Å². The molecule has 16 heavy (non-hydrogen) atoms. The summed E-state index contributed by atoms with van der Waals surface area (Å²) in [6, 6.07) is 6.00. The van der Waals surface area contributed by atoms with Crippen LogP contribution in [0.15, 0.2) is 18.2 Å². The van der Waals surface area contributed by atoms with Gasteiger partial charge in [-0.3, -0.25) is 0 Å². The van der Waals surface area contributed by atoms with Crippen molar-refractivity contribution in [2.45, 2.75) is 32.4 Å². The summed E-state index contributed by atoms with van der Waals surface area (Å²) in [5, 5.41) is 3.55. The first-order valence-electron chi connectivity index (χ1n) is 5.82. The molecule has 0 spiro atoms. The molecule has 1 fully saturated rings. The summed E-state index contributed by atoms with van der Waals surface area (Å²) < 4.78 is 13.1. The lowest BCUT2D eigenvalue weighted by Gasteiger charge is -2.22. The normalized spacial score (nSPS) is 17.6. The zero-order valence-corrected chi connectivity index (χ0v) is 10.4. The largest absolute Gasteiger partial charge is 0.310 e. The highest BCUT2D eigenvalue weighted by atomic mass is 32.2. The van der Waals surface area contributed by atoms with Crippen molar-refractivity contribution < 1.29 is 4.39 Å². The predicted octanol–water partition coefficient (Wildman–Crippen LogP) is 3.12. The number of aryl methyl sites for hydroxylation is 1. The summed E-state index contributed by atoms with van der Waals surface area (Å²) in [5.74, 6) is 2.41. The van der Waals surface area contributed by atoms with Crippen molar-refractivity contribution in [3.05, 3.63) is 35.1 Å². The molecular weight excluding hydrogens is 221 g/mol. The number of hydrogen-bond donors (Lipinski definition) is 1. The second-order valence-electron chi connectivity index (χ2n) is 4.35. The number of benzene rings is 1. The van der Waals surface area contributed by atoms with Gasteiger partial charge in [-0.05, 0) is 48.5 Å². The summed E-state index contributed by atoms with van der Waals surface area (Å²) in [6.07, 6.45) is 2.51. The molecule has 0 unspecified atom stereocenters. The third-order valence-corrected chi connectivity index (χ3v) is 4.09. The van der Waals surface area contributed by atoms with E-state index in [9.17, 15) is 4.39 Å². The maximum Gasteiger partial charge on any atom is 0.126 e. The van der Waals surface area contributed by atoms with Gasteiger partial charge in [0, 0.05) is 12.6 Å². The fourth-order valence-corrected chi connectivity index (χ4v) is 3.09. The van der Waals surface area contributed by atoms with Crippen LogP contribution in [0, 0.1) is 12.7 Å². The van der Waals surface area contributed by atoms with E-state index in [1.165, 1.54) is 29.9 Å². The van der Waals surface area contributed by atoms with E-state index < -0.39 is 0 Å². The molecule has 1 aliphatic heterocycles. The number of nitrogens with one attached hydrogen (secondary N) is 1. The van der Waals surface area contributed by atoms with Crippen molar-refractivity contribution in [2.24, 2.45) is 0 Å². The summed E-state index contributed by atoms with van der Waals surface area (Å²) in [7, 11) is 0. The monoisotopic (exact) mass is 239 g/mol. The van der Waals surface area contributed by atoms with Crippen LogP contribution in [0.5, 0.6) is 0 Å².